The monoisotopic (exact) mass is 254 g/mol. The smallest absolute Gasteiger partial charge is 0.0387 e. The average molecular weight is 254 g/mol. The van der Waals surface area contributed by atoms with E-state index in [0.717, 1.165) is 11.4 Å². The van der Waals surface area contributed by atoms with Crippen molar-refractivity contribution in [3.05, 3.63) is 58.7 Å². The normalized spacial score (nSPS) is 11.6. The standard InChI is InChI=1S/C17H22N2/c1-11-5-10-15(16(19)12(11)2)17(3,4)13-6-8-14(18)9-7-13/h5-10H,18-19H2,1-4H3. The molecule has 2 aromatic rings. The Hall–Kier alpha value is -1.96. The second-order valence-corrected chi connectivity index (χ2v) is 5.72. The van der Waals surface area contributed by atoms with Gasteiger partial charge in [0.15, 0.2) is 0 Å². The molecule has 0 saturated carbocycles. The van der Waals surface area contributed by atoms with Crippen LogP contribution in [0, 0.1) is 13.8 Å². The van der Waals surface area contributed by atoms with E-state index in [9.17, 15) is 0 Å². The fraction of sp³-hybridized carbons (Fsp3) is 0.294. The highest BCUT2D eigenvalue weighted by Crippen LogP contribution is 2.37. The Kier molecular flexibility index (Phi) is 3.27. The number of hydrogen-bond acceptors (Lipinski definition) is 2. The van der Waals surface area contributed by atoms with E-state index in [4.69, 9.17) is 11.5 Å². The van der Waals surface area contributed by atoms with Gasteiger partial charge in [-0.2, -0.15) is 0 Å². The third-order valence-corrected chi connectivity index (χ3v) is 4.09. The number of anilines is 2. The topological polar surface area (TPSA) is 52.0 Å². The lowest BCUT2D eigenvalue weighted by atomic mass is 9.76. The Balaban J connectivity index is 2.56. The van der Waals surface area contributed by atoms with E-state index in [-0.39, 0.29) is 5.41 Å². The Morgan fingerprint density at radius 1 is 0.842 bits per heavy atom. The van der Waals surface area contributed by atoms with Crippen molar-refractivity contribution in [3.63, 3.8) is 0 Å². The fourth-order valence-corrected chi connectivity index (χ4v) is 2.44. The van der Waals surface area contributed by atoms with Crippen LogP contribution in [0.5, 0.6) is 0 Å². The van der Waals surface area contributed by atoms with E-state index in [1.54, 1.807) is 0 Å². The van der Waals surface area contributed by atoms with Crippen molar-refractivity contribution in [2.75, 3.05) is 11.5 Å². The Morgan fingerprint density at radius 2 is 1.42 bits per heavy atom. The molecule has 2 aromatic carbocycles. The highest BCUT2D eigenvalue weighted by Gasteiger charge is 2.26. The average Bonchev–Trinajstić information content (AvgIpc) is 2.36. The van der Waals surface area contributed by atoms with Crippen LogP contribution in [-0.4, -0.2) is 0 Å². The van der Waals surface area contributed by atoms with Gasteiger partial charge >= 0.3 is 0 Å². The maximum atomic E-state index is 6.31. The molecule has 19 heavy (non-hydrogen) atoms. The lowest BCUT2D eigenvalue weighted by Gasteiger charge is -2.29. The predicted octanol–water partition coefficient (Wildman–Crippen LogP) is 3.79. The van der Waals surface area contributed by atoms with Gasteiger partial charge in [-0.05, 0) is 48.2 Å². The van der Waals surface area contributed by atoms with Crippen molar-refractivity contribution in [2.45, 2.75) is 33.1 Å². The first-order valence-corrected chi connectivity index (χ1v) is 6.56. The van der Waals surface area contributed by atoms with Gasteiger partial charge in [-0.3, -0.25) is 0 Å². The minimum Gasteiger partial charge on any atom is -0.399 e. The molecule has 2 rings (SSSR count). The third kappa shape index (κ3) is 2.30. The van der Waals surface area contributed by atoms with E-state index in [2.05, 4.69) is 52.0 Å². The van der Waals surface area contributed by atoms with Crippen molar-refractivity contribution in [3.8, 4) is 0 Å². The van der Waals surface area contributed by atoms with Crippen molar-refractivity contribution in [2.24, 2.45) is 0 Å². The second-order valence-electron chi connectivity index (χ2n) is 5.72. The van der Waals surface area contributed by atoms with Crippen LogP contribution in [0.15, 0.2) is 36.4 Å². The number of rotatable bonds is 2. The summed E-state index contributed by atoms with van der Waals surface area (Å²) in [4.78, 5) is 0. The number of benzene rings is 2. The highest BCUT2D eigenvalue weighted by atomic mass is 14.6. The van der Waals surface area contributed by atoms with Gasteiger partial charge in [-0.15, -0.1) is 0 Å². The Bertz CT molecular complexity index is 595. The van der Waals surface area contributed by atoms with Crippen LogP contribution in [0.25, 0.3) is 0 Å². The van der Waals surface area contributed by atoms with Crippen LogP contribution < -0.4 is 11.5 Å². The molecule has 0 fully saturated rings. The van der Waals surface area contributed by atoms with Crippen LogP contribution in [0.4, 0.5) is 11.4 Å². The molecular weight excluding hydrogens is 232 g/mol. The van der Waals surface area contributed by atoms with Crippen molar-refractivity contribution in [1.82, 2.24) is 0 Å². The SMILES string of the molecule is Cc1ccc(C(C)(C)c2ccc(N)cc2)c(N)c1C. The molecule has 0 heterocycles. The first kappa shape index (κ1) is 13.5. The molecule has 100 valence electrons. The van der Waals surface area contributed by atoms with E-state index in [1.807, 2.05) is 12.1 Å². The highest BCUT2D eigenvalue weighted by molar-refractivity contribution is 5.61. The summed E-state index contributed by atoms with van der Waals surface area (Å²) in [5.41, 5.74) is 18.4. The summed E-state index contributed by atoms with van der Waals surface area (Å²) in [5, 5.41) is 0. The zero-order valence-electron chi connectivity index (χ0n) is 12.1. The zero-order valence-corrected chi connectivity index (χ0v) is 12.1. The quantitative estimate of drug-likeness (QED) is 0.801. The Labute approximate surface area is 115 Å². The van der Waals surface area contributed by atoms with Gasteiger partial charge < -0.3 is 11.5 Å². The van der Waals surface area contributed by atoms with Gasteiger partial charge in [-0.25, -0.2) is 0 Å². The molecule has 0 amide bonds. The molecule has 2 nitrogen and oxygen atoms in total. The zero-order chi connectivity index (χ0) is 14.2. The van der Waals surface area contributed by atoms with Gasteiger partial charge in [0.1, 0.15) is 0 Å². The lowest BCUT2D eigenvalue weighted by molar-refractivity contribution is 0.642. The molecule has 0 atom stereocenters. The summed E-state index contributed by atoms with van der Waals surface area (Å²) in [6, 6.07) is 12.3. The van der Waals surface area contributed by atoms with Crippen molar-refractivity contribution in [1.29, 1.82) is 0 Å². The molecule has 0 aliphatic rings. The first-order chi connectivity index (χ1) is 8.84. The number of nitrogens with two attached hydrogens (primary N) is 2. The van der Waals surface area contributed by atoms with E-state index >= 15 is 0 Å². The van der Waals surface area contributed by atoms with Crippen LogP contribution >= 0.6 is 0 Å². The van der Waals surface area contributed by atoms with Gasteiger partial charge in [-0.1, -0.05) is 38.1 Å². The van der Waals surface area contributed by atoms with Gasteiger partial charge in [0, 0.05) is 16.8 Å². The number of aryl methyl sites for hydroxylation is 1. The molecule has 2 heteroatoms. The molecule has 0 bridgehead atoms. The number of nitrogen functional groups attached to an aromatic ring is 2. The van der Waals surface area contributed by atoms with E-state index in [0.29, 0.717) is 0 Å². The van der Waals surface area contributed by atoms with E-state index < -0.39 is 0 Å². The van der Waals surface area contributed by atoms with Crippen molar-refractivity contribution < 1.29 is 0 Å². The molecule has 0 unspecified atom stereocenters. The summed E-state index contributed by atoms with van der Waals surface area (Å²) in [6.07, 6.45) is 0. The minimum absolute atomic E-state index is 0.129. The van der Waals surface area contributed by atoms with Gasteiger partial charge in [0.25, 0.3) is 0 Å². The minimum atomic E-state index is -0.129. The molecule has 0 spiro atoms. The van der Waals surface area contributed by atoms with Crippen LogP contribution in [0.3, 0.4) is 0 Å². The first-order valence-electron chi connectivity index (χ1n) is 6.56. The van der Waals surface area contributed by atoms with Gasteiger partial charge in [0.2, 0.25) is 0 Å². The van der Waals surface area contributed by atoms with Crippen LogP contribution in [0.1, 0.15) is 36.1 Å². The summed E-state index contributed by atoms with van der Waals surface area (Å²) in [5.74, 6) is 0. The maximum Gasteiger partial charge on any atom is 0.0387 e. The predicted molar refractivity (Wildman–Crippen MR) is 83.3 cm³/mol. The summed E-state index contributed by atoms with van der Waals surface area (Å²) >= 11 is 0. The van der Waals surface area contributed by atoms with Crippen LogP contribution in [-0.2, 0) is 5.41 Å². The molecule has 0 radical (unpaired) electrons. The Morgan fingerprint density at radius 3 is 2.00 bits per heavy atom. The molecular formula is C17H22N2. The fourth-order valence-electron chi connectivity index (χ4n) is 2.44. The van der Waals surface area contributed by atoms with Gasteiger partial charge in [0.05, 0.1) is 0 Å². The second kappa shape index (κ2) is 4.61. The van der Waals surface area contributed by atoms with E-state index in [1.165, 1.54) is 22.3 Å². The van der Waals surface area contributed by atoms with Crippen LogP contribution in [0.2, 0.25) is 0 Å². The third-order valence-electron chi connectivity index (χ3n) is 4.09. The molecule has 4 N–H and O–H groups in total. The summed E-state index contributed by atoms with van der Waals surface area (Å²) in [6.45, 7) is 8.55. The summed E-state index contributed by atoms with van der Waals surface area (Å²) < 4.78 is 0. The maximum absolute atomic E-state index is 6.31. The lowest BCUT2D eigenvalue weighted by Crippen LogP contribution is -2.21. The number of hydrogen-bond donors (Lipinski definition) is 2. The largest absolute Gasteiger partial charge is 0.399 e. The van der Waals surface area contributed by atoms with Crippen molar-refractivity contribution >= 4 is 11.4 Å². The molecule has 0 aromatic heterocycles. The molecule has 0 aliphatic heterocycles. The molecule has 0 aliphatic carbocycles. The summed E-state index contributed by atoms with van der Waals surface area (Å²) in [7, 11) is 0. The molecule has 0 saturated heterocycles.